The van der Waals surface area contributed by atoms with Gasteiger partial charge in [0.05, 0.1) is 11.2 Å². The molecule has 0 atom stereocenters. The van der Waals surface area contributed by atoms with Crippen LogP contribution in [0, 0.1) is 0 Å². The van der Waals surface area contributed by atoms with Crippen LogP contribution in [0.2, 0.25) is 0 Å². The van der Waals surface area contributed by atoms with E-state index in [9.17, 15) is 0 Å². The van der Waals surface area contributed by atoms with E-state index in [0.29, 0.717) is 5.88 Å². The second kappa shape index (κ2) is 5.27. The maximum absolute atomic E-state index is 6.13. The summed E-state index contributed by atoms with van der Waals surface area (Å²) in [4.78, 5) is 2.38. The largest absolute Gasteiger partial charge is 0.366 e. The number of benzene rings is 1. The summed E-state index contributed by atoms with van der Waals surface area (Å²) in [6, 6.07) is 6.27. The highest BCUT2D eigenvalue weighted by Crippen LogP contribution is 2.34. The first-order valence-corrected chi connectivity index (χ1v) is 7.85. The van der Waals surface area contributed by atoms with E-state index in [1.54, 1.807) is 0 Å². The molecule has 1 aromatic rings. The minimum absolute atomic E-state index is 0.159. The van der Waals surface area contributed by atoms with Gasteiger partial charge in [0, 0.05) is 29.1 Å². The summed E-state index contributed by atoms with van der Waals surface area (Å²) in [6.45, 7) is 10.3. The van der Waals surface area contributed by atoms with Gasteiger partial charge < -0.3 is 9.64 Å². The predicted octanol–water partition coefficient (Wildman–Crippen LogP) is 4.58. The van der Waals surface area contributed by atoms with Gasteiger partial charge in [0.1, 0.15) is 0 Å². The van der Waals surface area contributed by atoms with E-state index < -0.39 is 0 Å². The van der Waals surface area contributed by atoms with Crippen molar-refractivity contribution < 1.29 is 4.74 Å². The summed E-state index contributed by atoms with van der Waals surface area (Å²) in [6.07, 6.45) is 0. The molecule has 0 spiro atoms. The number of hydrogen-bond donors (Lipinski definition) is 0. The minimum Gasteiger partial charge on any atom is -0.366 e. The molecule has 19 heavy (non-hydrogen) atoms. The van der Waals surface area contributed by atoms with Crippen molar-refractivity contribution in [3.8, 4) is 0 Å². The fraction of sp³-hybridized carbons (Fsp3) is 0.600. The van der Waals surface area contributed by atoms with Gasteiger partial charge in [-0.3, -0.25) is 0 Å². The molecule has 2 rings (SSSR count). The summed E-state index contributed by atoms with van der Waals surface area (Å²) in [5.41, 5.74) is 2.05. The minimum atomic E-state index is -0.159. The predicted molar refractivity (Wildman–Crippen MR) is 85.2 cm³/mol. The van der Waals surface area contributed by atoms with E-state index in [1.165, 1.54) is 11.3 Å². The van der Waals surface area contributed by atoms with E-state index in [1.807, 2.05) is 6.07 Å². The maximum atomic E-state index is 6.13. The lowest BCUT2D eigenvalue weighted by Crippen LogP contribution is -2.57. The molecule has 1 fully saturated rings. The van der Waals surface area contributed by atoms with Crippen molar-refractivity contribution in [1.82, 2.24) is 0 Å². The average Bonchev–Trinajstić information content (AvgIpc) is 2.24. The number of alkyl halides is 1. The van der Waals surface area contributed by atoms with E-state index in [4.69, 9.17) is 16.3 Å². The quantitative estimate of drug-likeness (QED) is 0.727. The molecular formula is C15H21BrClNO. The molecular weight excluding hydrogens is 326 g/mol. The van der Waals surface area contributed by atoms with Crippen molar-refractivity contribution in [2.24, 2.45) is 0 Å². The van der Waals surface area contributed by atoms with E-state index >= 15 is 0 Å². The first-order chi connectivity index (χ1) is 8.72. The zero-order valence-electron chi connectivity index (χ0n) is 12.0. The van der Waals surface area contributed by atoms with Gasteiger partial charge in [-0.15, -0.1) is 11.6 Å². The van der Waals surface area contributed by atoms with Crippen molar-refractivity contribution >= 4 is 33.2 Å². The highest BCUT2D eigenvalue weighted by molar-refractivity contribution is 9.10. The molecule has 2 nitrogen and oxygen atoms in total. The number of morpholine rings is 1. The van der Waals surface area contributed by atoms with Gasteiger partial charge in [-0.25, -0.2) is 0 Å². The Bertz CT molecular complexity index is 457. The van der Waals surface area contributed by atoms with Crippen molar-refractivity contribution in [3.05, 3.63) is 28.2 Å². The Labute approximate surface area is 129 Å². The summed E-state index contributed by atoms with van der Waals surface area (Å²) < 4.78 is 7.21. The summed E-state index contributed by atoms with van der Waals surface area (Å²) in [5.74, 6) is 0.529. The van der Waals surface area contributed by atoms with Crippen LogP contribution in [0.5, 0.6) is 0 Å². The van der Waals surface area contributed by atoms with Crippen LogP contribution < -0.4 is 4.90 Å². The zero-order valence-corrected chi connectivity index (χ0v) is 14.3. The summed E-state index contributed by atoms with van der Waals surface area (Å²) >= 11 is 9.62. The number of ether oxygens (including phenoxy) is 1. The van der Waals surface area contributed by atoms with Crippen LogP contribution in [-0.2, 0) is 10.6 Å². The third kappa shape index (κ3) is 3.65. The van der Waals surface area contributed by atoms with Crippen LogP contribution in [0.25, 0.3) is 0 Å². The van der Waals surface area contributed by atoms with Crippen LogP contribution in [0.3, 0.4) is 0 Å². The van der Waals surface area contributed by atoms with Gasteiger partial charge >= 0.3 is 0 Å². The summed E-state index contributed by atoms with van der Waals surface area (Å²) in [5, 5.41) is 0. The molecule has 0 amide bonds. The first kappa shape index (κ1) is 15.1. The van der Waals surface area contributed by atoms with E-state index in [0.717, 1.165) is 17.6 Å². The molecule has 1 heterocycles. The van der Waals surface area contributed by atoms with Crippen molar-refractivity contribution in [3.63, 3.8) is 0 Å². The van der Waals surface area contributed by atoms with Crippen LogP contribution in [0.1, 0.15) is 33.3 Å². The van der Waals surface area contributed by atoms with Crippen LogP contribution in [0.15, 0.2) is 22.7 Å². The van der Waals surface area contributed by atoms with Gasteiger partial charge in [-0.2, -0.15) is 0 Å². The third-order valence-corrected chi connectivity index (χ3v) is 4.01. The SMILES string of the molecule is CC1(C)CN(c2cc(Br)ccc2CCl)CC(C)(C)O1. The second-order valence-corrected chi connectivity index (χ2v) is 7.57. The molecule has 0 radical (unpaired) electrons. The zero-order chi connectivity index (χ0) is 14.3. The molecule has 0 aliphatic carbocycles. The lowest BCUT2D eigenvalue weighted by molar-refractivity contribution is -0.133. The van der Waals surface area contributed by atoms with Gasteiger partial charge in [-0.05, 0) is 45.4 Å². The maximum Gasteiger partial charge on any atom is 0.0808 e. The monoisotopic (exact) mass is 345 g/mol. The highest BCUT2D eigenvalue weighted by Gasteiger charge is 2.38. The molecule has 4 heteroatoms. The highest BCUT2D eigenvalue weighted by atomic mass is 79.9. The molecule has 1 aliphatic heterocycles. The number of nitrogens with zero attached hydrogens (tertiary/aromatic N) is 1. The van der Waals surface area contributed by atoms with E-state index in [-0.39, 0.29) is 11.2 Å². The van der Waals surface area contributed by atoms with Crippen LogP contribution >= 0.6 is 27.5 Å². The Hall–Kier alpha value is -0.250. The van der Waals surface area contributed by atoms with Crippen molar-refractivity contribution in [2.45, 2.75) is 44.8 Å². The third-order valence-electron chi connectivity index (χ3n) is 3.23. The number of halogens is 2. The molecule has 106 valence electrons. The van der Waals surface area contributed by atoms with Gasteiger partial charge in [-0.1, -0.05) is 22.0 Å². The van der Waals surface area contributed by atoms with Gasteiger partial charge in [0.25, 0.3) is 0 Å². The lowest BCUT2D eigenvalue weighted by atomic mass is 9.97. The molecule has 0 bridgehead atoms. The van der Waals surface area contributed by atoms with Crippen molar-refractivity contribution in [1.29, 1.82) is 0 Å². The van der Waals surface area contributed by atoms with Gasteiger partial charge in [0.15, 0.2) is 0 Å². The average molecular weight is 347 g/mol. The molecule has 0 aromatic heterocycles. The normalized spacial score (nSPS) is 21.5. The molecule has 0 unspecified atom stereocenters. The molecule has 1 aliphatic rings. The van der Waals surface area contributed by atoms with E-state index in [2.05, 4.69) is 60.7 Å². The van der Waals surface area contributed by atoms with Crippen molar-refractivity contribution in [2.75, 3.05) is 18.0 Å². The molecule has 1 aromatic carbocycles. The molecule has 0 N–H and O–H groups in total. The molecule has 0 saturated carbocycles. The lowest BCUT2D eigenvalue weighted by Gasteiger charge is -2.48. The first-order valence-electron chi connectivity index (χ1n) is 6.52. The Balaban J connectivity index is 2.38. The summed E-state index contributed by atoms with van der Waals surface area (Å²) in [7, 11) is 0. The Morgan fingerprint density at radius 3 is 2.32 bits per heavy atom. The Kier molecular flexibility index (Phi) is 4.20. The number of hydrogen-bond acceptors (Lipinski definition) is 2. The standard InChI is InChI=1S/C15H21BrClNO/c1-14(2)9-18(10-15(3,4)19-14)13-7-12(16)6-5-11(13)8-17/h5-7H,8-10H2,1-4H3. The molecule has 1 saturated heterocycles. The smallest absolute Gasteiger partial charge is 0.0808 e. The van der Waals surface area contributed by atoms with Gasteiger partial charge in [0.2, 0.25) is 0 Å². The Morgan fingerprint density at radius 2 is 1.79 bits per heavy atom. The van der Waals surface area contributed by atoms with Crippen LogP contribution in [-0.4, -0.2) is 24.3 Å². The number of rotatable bonds is 2. The van der Waals surface area contributed by atoms with Crippen LogP contribution in [0.4, 0.5) is 5.69 Å². The Morgan fingerprint density at radius 1 is 1.21 bits per heavy atom. The second-order valence-electron chi connectivity index (χ2n) is 6.38. The number of anilines is 1. The topological polar surface area (TPSA) is 12.5 Å². The fourth-order valence-corrected chi connectivity index (χ4v) is 3.48. The fourth-order valence-electron chi connectivity index (χ4n) is 2.90.